The number of nitrogens with zero attached hydrogens (tertiary/aromatic N) is 2. The van der Waals surface area contributed by atoms with Crippen LogP contribution in [0.3, 0.4) is 0 Å². The van der Waals surface area contributed by atoms with Crippen LogP contribution in [-0.2, 0) is 19.4 Å². The maximum Gasteiger partial charge on any atom is 0.119 e. The number of hydrogen-bond acceptors (Lipinski definition) is 3. The van der Waals surface area contributed by atoms with Crippen LogP contribution in [0.5, 0.6) is 11.5 Å². The molecular weight excluding hydrogens is 348 g/mol. The van der Waals surface area contributed by atoms with Gasteiger partial charge in [-0.25, -0.2) is 4.98 Å². The Morgan fingerprint density at radius 1 is 0.786 bits per heavy atom. The molecule has 3 aromatic carbocycles. The van der Waals surface area contributed by atoms with Gasteiger partial charge < -0.3 is 14.0 Å². The van der Waals surface area contributed by atoms with Crippen LogP contribution in [-0.4, -0.2) is 23.3 Å². The van der Waals surface area contributed by atoms with Gasteiger partial charge in [0.25, 0.3) is 0 Å². The van der Waals surface area contributed by atoms with Crippen LogP contribution in [0.4, 0.5) is 0 Å². The Morgan fingerprint density at radius 3 is 2.29 bits per heavy atom. The van der Waals surface area contributed by atoms with E-state index in [0.29, 0.717) is 6.61 Å². The Morgan fingerprint density at radius 2 is 1.50 bits per heavy atom. The summed E-state index contributed by atoms with van der Waals surface area (Å²) in [7, 11) is 1.66. The first kappa shape index (κ1) is 18.1. The molecule has 0 aliphatic heterocycles. The van der Waals surface area contributed by atoms with E-state index in [0.717, 1.165) is 47.7 Å². The molecule has 0 unspecified atom stereocenters. The highest BCUT2D eigenvalue weighted by molar-refractivity contribution is 5.75. The van der Waals surface area contributed by atoms with Crippen LogP contribution in [0.1, 0.15) is 11.4 Å². The fourth-order valence-electron chi connectivity index (χ4n) is 3.39. The number of fused-ring (bicyclic) bond motifs is 1. The van der Waals surface area contributed by atoms with E-state index in [9.17, 15) is 0 Å². The van der Waals surface area contributed by atoms with Gasteiger partial charge >= 0.3 is 0 Å². The summed E-state index contributed by atoms with van der Waals surface area (Å²) in [4.78, 5) is 4.87. The number of para-hydroxylation sites is 2. The predicted molar refractivity (Wildman–Crippen MR) is 112 cm³/mol. The molecule has 4 heteroatoms. The second-order valence-corrected chi connectivity index (χ2v) is 6.68. The number of ether oxygens (including phenoxy) is 2. The van der Waals surface area contributed by atoms with E-state index < -0.39 is 0 Å². The third-order valence-electron chi connectivity index (χ3n) is 4.86. The van der Waals surface area contributed by atoms with Crippen molar-refractivity contribution in [2.45, 2.75) is 19.4 Å². The van der Waals surface area contributed by atoms with Gasteiger partial charge in [0.05, 0.1) is 24.7 Å². The van der Waals surface area contributed by atoms with E-state index in [4.69, 9.17) is 14.5 Å². The highest BCUT2D eigenvalue weighted by atomic mass is 16.5. The van der Waals surface area contributed by atoms with E-state index in [-0.39, 0.29) is 0 Å². The number of rotatable bonds is 8. The Hall–Kier alpha value is -3.27. The maximum absolute atomic E-state index is 5.94. The summed E-state index contributed by atoms with van der Waals surface area (Å²) >= 11 is 0. The Bertz CT molecular complexity index is 1020. The minimum atomic E-state index is 0.588. The molecule has 4 nitrogen and oxygen atoms in total. The molecule has 1 aromatic heterocycles. The zero-order valence-electron chi connectivity index (χ0n) is 16.0. The SMILES string of the molecule is COc1ccc(OCCn2c(CCc3ccccc3)nc3ccccc32)cc1. The van der Waals surface area contributed by atoms with Crippen molar-refractivity contribution in [3.8, 4) is 11.5 Å². The highest BCUT2D eigenvalue weighted by Gasteiger charge is 2.10. The third kappa shape index (κ3) is 4.17. The van der Waals surface area contributed by atoms with Crippen molar-refractivity contribution in [3.05, 3.63) is 90.3 Å². The molecule has 0 saturated heterocycles. The standard InChI is InChI=1S/C24H24N2O2/c1-27-20-12-14-21(15-13-20)28-18-17-26-23-10-6-5-9-22(23)25-24(26)16-11-19-7-3-2-4-8-19/h2-10,12-15H,11,16-18H2,1H3. The molecule has 0 aliphatic carbocycles. The van der Waals surface area contributed by atoms with Gasteiger partial charge in [-0.2, -0.15) is 0 Å². The van der Waals surface area contributed by atoms with Gasteiger partial charge in [-0.3, -0.25) is 0 Å². The van der Waals surface area contributed by atoms with Crippen molar-refractivity contribution in [2.24, 2.45) is 0 Å². The lowest BCUT2D eigenvalue weighted by Gasteiger charge is -2.11. The first-order valence-electron chi connectivity index (χ1n) is 9.58. The average molecular weight is 372 g/mol. The summed E-state index contributed by atoms with van der Waals surface area (Å²) in [5, 5.41) is 0. The summed E-state index contributed by atoms with van der Waals surface area (Å²) in [6, 6.07) is 26.5. The van der Waals surface area contributed by atoms with Crippen LogP contribution < -0.4 is 9.47 Å². The van der Waals surface area contributed by atoms with Crippen molar-refractivity contribution in [2.75, 3.05) is 13.7 Å². The molecule has 0 fully saturated rings. The van der Waals surface area contributed by atoms with Crippen molar-refractivity contribution >= 4 is 11.0 Å². The molecule has 0 amide bonds. The van der Waals surface area contributed by atoms with Gasteiger partial charge in [0.15, 0.2) is 0 Å². The molecule has 4 rings (SSSR count). The summed E-state index contributed by atoms with van der Waals surface area (Å²) < 4.78 is 13.4. The Labute approximate surface area is 165 Å². The zero-order chi connectivity index (χ0) is 19.2. The summed E-state index contributed by atoms with van der Waals surface area (Å²) in [5.74, 6) is 2.77. The lowest BCUT2D eigenvalue weighted by Crippen LogP contribution is -2.12. The number of aromatic nitrogens is 2. The summed E-state index contributed by atoms with van der Waals surface area (Å²) in [5.41, 5.74) is 3.52. The molecular formula is C24H24N2O2. The topological polar surface area (TPSA) is 36.3 Å². The number of methoxy groups -OCH3 is 1. The van der Waals surface area contributed by atoms with Crippen LogP contribution >= 0.6 is 0 Å². The predicted octanol–water partition coefficient (Wildman–Crippen LogP) is 4.91. The molecule has 0 bridgehead atoms. The van der Waals surface area contributed by atoms with Crippen molar-refractivity contribution in [1.29, 1.82) is 0 Å². The minimum absolute atomic E-state index is 0.588. The van der Waals surface area contributed by atoms with Crippen LogP contribution in [0, 0.1) is 0 Å². The summed E-state index contributed by atoms with van der Waals surface area (Å²) in [6.07, 6.45) is 1.88. The number of hydrogen-bond donors (Lipinski definition) is 0. The van der Waals surface area contributed by atoms with E-state index in [2.05, 4.69) is 53.1 Å². The fraction of sp³-hybridized carbons (Fsp3) is 0.208. The largest absolute Gasteiger partial charge is 0.497 e. The highest BCUT2D eigenvalue weighted by Crippen LogP contribution is 2.19. The quantitative estimate of drug-likeness (QED) is 0.441. The van der Waals surface area contributed by atoms with Gasteiger partial charge in [0.2, 0.25) is 0 Å². The number of imidazole rings is 1. The van der Waals surface area contributed by atoms with Crippen molar-refractivity contribution in [1.82, 2.24) is 9.55 Å². The van der Waals surface area contributed by atoms with Gasteiger partial charge in [0.1, 0.15) is 23.9 Å². The van der Waals surface area contributed by atoms with Gasteiger partial charge in [-0.05, 0) is 48.4 Å². The molecule has 0 saturated carbocycles. The molecule has 0 spiro atoms. The first-order chi connectivity index (χ1) is 13.8. The molecule has 142 valence electrons. The Balaban J connectivity index is 1.47. The average Bonchev–Trinajstić information content (AvgIpc) is 3.11. The molecule has 28 heavy (non-hydrogen) atoms. The number of benzene rings is 3. The molecule has 4 aromatic rings. The second kappa shape index (κ2) is 8.61. The van der Waals surface area contributed by atoms with Crippen LogP contribution in [0.25, 0.3) is 11.0 Å². The monoisotopic (exact) mass is 372 g/mol. The number of aryl methyl sites for hydroxylation is 2. The lowest BCUT2D eigenvalue weighted by atomic mass is 10.1. The van der Waals surface area contributed by atoms with Gasteiger partial charge in [0, 0.05) is 6.42 Å². The minimum Gasteiger partial charge on any atom is -0.497 e. The van der Waals surface area contributed by atoms with E-state index in [1.807, 2.05) is 30.3 Å². The van der Waals surface area contributed by atoms with E-state index in [1.165, 1.54) is 5.56 Å². The lowest BCUT2D eigenvalue weighted by molar-refractivity contribution is 0.297. The molecule has 0 N–H and O–H groups in total. The summed E-state index contributed by atoms with van der Waals surface area (Å²) in [6.45, 7) is 1.35. The van der Waals surface area contributed by atoms with Gasteiger partial charge in [-0.1, -0.05) is 42.5 Å². The zero-order valence-corrected chi connectivity index (χ0v) is 16.0. The van der Waals surface area contributed by atoms with Gasteiger partial charge in [-0.15, -0.1) is 0 Å². The third-order valence-corrected chi connectivity index (χ3v) is 4.86. The molecule has 0 aliphatic rings. The van der Waals surface area contributed by atoms with E-state index in [1.54, 1.807) is 7.11 Å². The van der Waals surface area contributed by atoms with Crippen molar-refractivity contribution in [3.63, 3.8) is 0 Å². The maximum atomic E-state index is 5.94. The fourth-order valence-corrected chi connectivity index (χ4v) is 3.39. The first-order valence-corrected chi connectivity index (χ1v) is 9.58. The molecule has 1 heterocycles. The van der Waals surface area contributed by atoms with Crippen LogP contribution in [0.15, 0.2) is 78.9 Å². The van der Waals surface area contributed by atoms with Crippen molar-refractivity contribution < 1.29 is 9.47 Å². The Kier molecular flexibility index (Phi) is 5.57. The second-order valence-electron chi connectivity index (χ2n) is 6.68. The smallest absolute Gasteiger partial charge is 0.119 e. The molecule has 0 atom stereocenters. The molecule has 0 radical (unpaired) electrons. The van der Waals surface area contributed by atoms with E-state index >= 15 is 0 Å². The normalized spacial score (nSPS) is 10.9. The van der Waals surface area contributed by atoms with Crippen LogP contribution in [0.2, 0.25) is 0 Å².